The van der Waals surface area contributed by atoms with Crippen molar-refractivity contribution in [1.29, 1.82) is 0 Å². The third-order valence-electron chi connectivity index (χ3n) is 1.50. The molecule has 0 unspecified atom stereocenters. The summed E-state index contributed by atoms with van der Waals surface area (Å²) in [6, 6.07) is 6.96. The largest absolute Gasteiger partial charge is 0.378 e. The second kappa shape index (κ2) is 7.38. The summed E-state index contributed by atoms with van der Waals surface area (Å²) in [4.78, 5) is 7.91. The zero-order valence-electron chi connectivity index (χ0n) is 8.55. The quantitative estimate of drug-likeness (QED) is 0.612. The monoisotopic (exact) mass is 278 g/mol. The number of rotatable bonds is 1. The topological polar surface area (TPSA) is 76.8 Å². The van der Waals surface area contributed by atoms with E-state index in [1.54, 1.807) is 24.3 Å². The van der Waals surface area contributed by atoms with Gasteiger partial charge in [0.1, 0.15) is 0 Å². The van der Waals surface area contributed by atoms with Crippen molar-refractivity contribution in [2.45, 2.75) is 0 Å². The van der Waals surface area contributed by atoms with Crippen molar-refractivity contribution in [3.63, 3.8) is 0 Å². The number of nitrogens with two attached hydrogens (primary N) is 2. The molecule has 0 aromatic heterocycles. The highest BCUT2D eigenvalue weighted by atomic mass is 35.5. The minimum absolute atomic E-state index is 0. The molecular weight excluding hydrogens is 267 g/mol. The average Bonchev–Trinajstić information content (AvgIpc) is 2.21. The molecule has 0 aliphatic rings. The van der Waals surface area contributed by atoms with E-state index in [-0.39, 0.29) is 18.4 Å². The molecule has 0 saturated heterocycles. The van der Waals surface area contributed by atoms with Crippen LogP contribution in [0.2, 0.25) is 5.02 Å². The van der Waals surface area contributed by atoms with Crippen molar-refractivity contribution in [3.05, 3.63) is 29.3 Å². The van der Waals surface area contributed by atoms with Gasteiger partial charge in [-0.3, -0.25) is 0 Å². The van der Waals surface area contributed by atoms with E-state index in [0.717, 1.165) is 0 Å². The highest BCUT2D eigenvalue weighted by Gasteiger charge is 1.94. The summed E-state index contributed by atoms with van der Waals surface area (Å²) >= 11 is 7.04. The summed E-state index contributed by atoms with van der Waals surface area (Å²) in [5, 5.41) is 1.03. The van der Waals surface area contributed by atoms with E-state index in [2.05, 4.69) is 9.98 Å². The number of guanidine groups is 1. The lowest BCUT2D eigenvalue weighted by atomic mass is 10.3. The van der Waals surface area contributed by atoms with Crippen molar-refractivity contribution < 1.29 is 0 Å². The lowest BCUT2D eigenvalue weighted by Crippen LogP contribution is -2.15. The van der Waals surface area contributed by atoms with E-state index in [9.17, 15) is 0 Å². The van der Waals surface area contributed by atoms with Gasteiger partial charge in [-0.15, -0.1) is 12.4 Å². The van der Waals surface area contributed by atoms with Gasteiger partial charge in [-0.2, -0.15) is 4.99 Å². The molecule has 0 fully saturated rings. The molecule has 0 radical (unpaired) electrons. The van der Waals surface area contributed by atoms with Gasteiger partial charge in [-0.05, 0) is 30.5 Å². The van der Waals surface area contributed by atoms with Crippen LogP contribution >= 0.6 is 35.8 Å². The first-order valence-electron chi connectivity index (χ1n) is 4.09. The number of aliphatic imine (C=N–C) groups is 2. The number of benzene rings is 1. The maximum absolute atomic E-state index is 5.72. The summed E-state index contributed by atoms with van der Waals surface area (Å²) in [6.45, 7) is 0. The van der Waals surface area contributed by atoms with E-state index in [0.29, 0.717) is 15.9 Å². The van der Waals surface area contributed by atoms with Crippen LogP contribution in [0.5, 0.6) is 0 Å². The molecule has 88 valence electrons. The van der Waals surface area contributed by atoms with Crippen LogP contribution in [0, 0.1) is 0 Å². The molecule has 1 aromatic carbocycles. The molecule has 0 bridgehead atoms. The Kier molecular flexibility index (Phi) is 6.96. The third-order valence-corrected chi connectivity index (χ3v) is 2.27. The van der Waals surface area contributed by atoms with Gasteiger partial charge in [0.2, 0.25) is 5.96 Å². The fraction of sp³-hybridized carbons (Fsp3) is 0.111. The Hall–Kier alpha value is -0.910. The van der Waals surface area contributed by atoms with Gasteiger partial charge in [0.05, 0.1) is 5.69 Å². The standard InChI is InChI=1S/C9H11ClN4S.ClH/c1-15-9(12)14-8(11)13-7-4-2-6(10)3-5-7;/h2-5H,1H3,(H4,11,12,13,14);1H. The molecule has 0 aliphatic carbocycles. The first kappa shape index (κ1) is 15.1. The molecule has 4 nitrogen and oxygen atoms in total. The first-order valence-corrected chi connectivity index (χ1v) is 5.70. The number of nitrogens with zero attached hydrogens (tertiary/aromatic N) is 2. The zero-order chi connectivity index (χ0) is 11.3. The smallest absolute Gasteiger partial charge is 0.222 e. The SMILES string of the molecule is CSC(N)=NC(N)=Nc1ccc(Cl)cc1.Cl. The number of hydrogen-bond donors (Lipinski definition) is 2. The fourth-order valence-electron chi connectivity index (χ4n) is 0.831. The summed E-state index contributed by atoms with van der Waals surface area (Å²) in [5.41, 5.74) is 11.7. The van der Waals surface area contributed by atoms with Crippen LogP contribution in [-0.2, 0) is 0 Å². The zero-order valence-corrected chi connectivity index (χ0v) is 10.9. The Bertz CT molecular complexity index is 389. The predicted octanol–water partition coefficient (Wildman–Crippen LogP) is 2.39. The van der Waals surface area contributed by atoms with Crippen LogP contribution < -0.4 is 11.5 Å². The summed E-state index contributed by atoms with van der Waals surface area (Å²) in [6.07, 6.45) is 1.81. The van der Waals surface area contributed by atoms with E-state index in [1.165, 1.54) is 11.8 Å². The summed E-state index contributed by atoms with van der Waals surface area (Å²) in [7, 11) is 0. The van der Waals surface area contributed by atoms with Crippen molar-refractivity contribution >= 4 is 52.6 Å². The molecule has 0 spiro atoms. The molecule has 0 amide bonds. The average molecular weight is 279 g/mol. The highest BCUT2D eigenvalue weighted by Crippen LogP contribution is 2.16. The van der Waals surface area contributed by atoms with Gasteiger partial charge in [0.15, 0.2) is 5.17 Å². The van der Waals surface area contributed by atoms with Gasteiger partial charge in [-0.25, -0.2) is 4.99 Å². The molecule has 0 atom stereocenters. The van der Waals surface area contributed by atoms with Gasteiger partial charge in [0, 0.05) is 5.02 Å². The molecule has 1 aromatic rings. The number of thioether (sulfide) groups is 1. The number of halogens is 2. The van der Waals surface area contributed by atoms with Crippen LogP contribution in [0.15, 0.2) is 34.3 Å². The molecule has 7 heteroatoms. The molecule has 0 saturated carbocycles. The normalized spacial score (nSPS) is 12.1. The van der Waals surface area contributed by atoms with Crippen molar-refractivity contribution in [1.82, 2.24) is 0 Å². The predicted molar refractivity (Wildman–Crippen MR) is 75.1 cm³/mol. The lowest BCUT2D eigenvalue weighted by Gasteiger charge is -1.97. The number of hydrogen-bond acceptors (Lipinski definition) is 2. The minimum Gasteiger partial charge on any atom is -0.378 e. The van der Waals surface area contributed by atoms with Crippen molar-refractivity contribution in [3.8, 4) is 0 Å². The fourth-order valence-corrected chi connectivity index (χ4v) is 1.14. The molecule has 4 N–H and O–H groups in total. The number of amidine groups is 1. The maximum Gasteiger partial charge on any atom is 0.222 e. The van der Waals surface area contributed by atoms with Crippen LogP contribution in [0.4, 0.5) is 5.69 Å². The third kappa shape index (κ3) is 5.25. The van der Waals surface area contributed by atoms with Crippen LogP contribution in [0.1, 0.15) is 0 Å². The van der Waals surface area contributed by atoms with Gasteiger partial charge < -0.3 is 11.5 Å². The van der Waals surface area contributed by atoms with E-state index in [4.69, 9.17) is 23.1 Å². The maximum atomic E-state index is 5.72. The Morgan fingerprint density at radius 2 is 1.81 bits per heavy atom. The molecule has 16 heavy (non-hydrogen) atoms. The Balaban J connectivity index is 0.00000225. The van der Waals surface area contributed by atoms with E-state index in [1.807, 2.05) is 6.26 Å². The Morgan fingerprint density at radius 1 is 1.25 bits per heavy atom. The van der Waals surface area contributed by atoms with Crippen LogP contribution in [0.25, 0.3) is 0 Å². The highest BCUT2D eigenvalue weighted by molar-refractivity contribution is 8.13. The minimum atomic E-state index is 0. The Labute approximate surface area is 110 Å². The summed E-state index contributed by atoms with van der Waals surface area (Å²) in [5.74, 6) is 0.129. The van der Waals surface area contributed by atoms with Gasteiger partial charge >= 0.3 is 0 Å². The van der Waals surface area contributed by atoms with Gasteiger partial charge in [-0.1, -0.05) is 23.4 Å². The summed E-state index contributed by atoms with van der Waals surface area (Å²) < 4.78 is 0. The molecule has 1 rings (SSSR count). The molecule has 0 heterocycles. The second-order valence-corrected chi connectivity index (χ2v) is 3.86. The van der Waals surface area contributed by atoms with Gasteiger partial charge in [0.25, 0.3) is 0 Å². The van der Waals surface area contributed by atoms with Crippen molar-refractivity contribution in [2.75, 3.05) is 6.26 Å². The first-order chi connectivity index (χ1) is 7.11. The van der Waals surface area contributed by atoms with Crippen molar-refractivity contribution in [2.24, 2.45) is 21.5 Å². The van der Waals surface area contributed by atoms with E-state index < -0.39 is 0 Å². The molecular formula is C9H12Cl2N4S. The van der Waals surface area contributed by atoms with Crippen LogP contribution in [0.3, 0.4) is 0 Å². The van der Waals surface area contributed by atoms with Crippen LogP contribution in [-0.4, -0.2) is 17.4 Å². The second-order valence-electron chi connectivity index (χ2n) is 2.60. The Morgan fingerprint density at radius 3 is 2.31 bits per heavy atom. The molecule has 0 aliphatic heterocycles. The lowest BCUT2D eigenvalue weighted by molar-refractivity contribution is 1.41. The van der Waals surface area contributed by atoms with E-state index >= 15 is 0 Å².